The molecule has 5 nitrogen and oxygen atoms in total. The summed E-state index contributed by atoms with van der Waals surface area (Å²) in [6, 6.07) is 5.31. The van der Waals surface area contributed by atoms with Crippen molar-refractivity contribution in [1.82, 2.24) is 9.71 Å². The molecule has 1 aliphatic rings. The number of aromatic nitrogens is 1. The van der Waals surface area contributed by atoms with Gasteiger partial charge < -0.3 is 5.11 Å². The number of rotatable bonds is 5. The van der Waals surface area contributed by atoms with E-state index in [1.165, 1.54) is 6.20 Å². The zero-order valence-electron chi connectivity index (χ0n) is 12.9. The van der Waals surface area contributed by atoms with E-state index in [9.17, 15) is 26.7 Å². The number of hydrogen-bond acceptors (Lipinski definition) is 4. The molecule has 1 atom stereocenters. The van der Waals surface area contributed by atoms with Gasteiger partial charge in [-0.05, 0) is 43.0 Å². The van der Waals surface area contributed by atoms with Gasteiger partial charge in [0.15, 0.2) is 17.5 Å². The van der Waals surface area contributed by atoms with E-state index < -0.39 is 44.5 Å². The first-order valence-corrected chi connectivity index (χ1v) is 9.02. The standard InChI is InChI=1S/C16H15F3N2O3S/c17-11-4-5-13(15(19)14(11)18)25(23,24)21-16(9-7-10(22)8-9)12-3-1-2-6-20-12/h1-6,9-10,16,21-22H,7-8H2. The fourth-order valence-corrected chi connectivity index (χ4v) is 4.15. The Kier molecular flexibility index (Phi) is 4.81. The predicted octanol–water partition coefficient (Wildman–Crippen LogP) is 2.29. The molecular formula is C16H15F3N2O3S. The van der Waals surface area contributed by atoms with Gasteiger partial charge in [0.1, 0.15) is 4.90 Å². The van der Waals surface area contributed by atoms with Crippen molar-refractivity contribution in [3.05, 3.63) is 59.7 Å². The van der Waals surface area contributed by atoms with Crippen LogP contribution >= 0.6 is 0 Å². The second kappa shape index (κ2) is 6.74. The van der Waals surface area contributed by atoms with E-state index in [2.05, 4.69) is 9.71 Å². The van der Waals surface area contributed by atoms with Crippen molar-refractivity contribution in [2.24, 2.45) is 5.92 Å². The van der Waals surface area contributed by atoms with Crippen LogP contribution in [0.2, 0.25) is 0 Å². The number of nitrogens with zero attached hydrogens (tertiary/aromatic N) is 1. The molecule has 1 heterocycles. The second-order valence-electron chi connectivity index (χ2n) is 5.91. The molecule has 0 aliphatic heterocycles. The second-order valence-corrected chi connectivity index (χ2v) is 7.59. The summed E-state index contributed by atoms with van der Waals surface area (Å²) >= 11 is 0. The van der Waals surface area contributed by atoms with Gasteiger partial charge in [-0.1, -0.05) is 6.07 Å². The highest BCUT2D eigenvalue weighted by Gasteiger charge is 2.38. The summed E-state index contributed by atoms with van der Waals surface area (Å²) < 4.78 is 67.6. The third kappa shape index (κ3) is 3.53. The SMILES string of the molecule is O=S(=O)(NC(c1ccccn1)C1CC(O)C1)c1ccc(F)c(F)c1F. The van der Waals surface area contributed by atoms with Gasteiger partial charge in [0.25, 0.3) is 0 Å². The molecule has 0 amide bonds. The maximum absolute atomic E-state index is 13.9. The van der Waals surface area contributed by atoms with Crippen molar-refractivity contribution < 1.29 is 26.7 Å². The monoisotopic (exact) mass is 372 g/mol. The summed E-state index contributed by atoms with van der Waals surface area (Å²) in [6.07, 6.45) is 1.64. The van der Waals surface area contributed by atoms with Crippen LogP contribution in [0.5, 0.6) is 0 Å². The molecule has 0 spiro atoms. The Bertz CT molecular complexity index is 872. The molecule has 1 aromatic heterocycles. The quantitative estimate of drug-likeness (QED) is 0.790. The van der Waals surface area contributed by atoms with Crippen LogP contribution in [0.3, 0.4) is 0 Å². The first-order chi connectivity index (χ1) is 11.8. The molecule has 0 bridgehead atoms. The van der Waals surface area contributed by atoms with E-state index in [0.29, 0.717) is 30.7 Å². The number of sulfonamides is 1. The molecule has 1 aromatic carbocycles. The summed E-state index contributed by atoms with van der Waals surface area (Å²) in [6.45, 7) is 0. The van der Waals surface area contributed by atoms with Crippen molar-refractivity contribution in [3.8, 4) is 0 Å². The van der Waals surface area contributed by atoms with E-state index in [1.54, 1.807) is 18.2 Å². The topological polar surface area (TPSA) is 79.3 Å². The first-order valence-electron chi connectivity index (χ1n) is 7.54. The minimum Gasteiger partial charge on any atom is -0.393 e. The van der Waals surface area contributed by atoms with E-state index in [-0.39, 0.29) is 5.92 Å². The summed E-state index contributed by atoms with van der Waals surface area (Å²) in [5, 5.41) is 9.49. The minimum absolute atomic E-state index is 0.243. The molecule has 1 fully saturated rings. The lowest BCUT2D eigenvalue weighted by atomic mass is 9.76. The van der Waals surface area contributed by atoms with Crippen LogP contribution in [-0.2, 0) is 10.0 Å². The number of aliphatic hydroxyl groups is 1. The molecule has 9 heteroatoms. The van der Waals surface area contributed by atoms with E-state index in [4.69, 9.17) is 0 Å². The lowest BCUT2D eigenvalue weighted by molar-refractivity contribution is 0.0273. The number of pyridine rings is 1. The van der Waals surface area contributed by atoms with Gasteiger partial charge in [0.2, 0.25) is 10.0 Å². The summed E-state index contributed by atoms with van der Waals surface area (Å²) in [4.78, 5) is 3.12. The van der Waals surface area contributed by atoms with Crippen LogP contribution in [0.25, 0.3) is 0 Å². The van der Waals surface area contributed by atoms with Gasteiger partial charge in [-0.3, -0.25) is 4.98 Å². The highest BCUT2D eigenvalue weighted by molar-refractivity contribution is 7.89. The Morgan fingerprint density at radius 2 is 1.84 bits per heavy atom. The fourth-order valence-electron chi connectivity index (χ4n) is 2.81. The van der Waals surface area contributed by atoms with Gasteiger partial charge >= 0.3 is 0 Å². The third-order valence-electron chi connectivity index (χ3n) is 4.20. The predicted molar refractivity (Wildman–Crippen MR) is 82.3 cm³/mol. The maximum Gasteiger partial charge on any atom is 0.244 e. The van der Waals surface area contributed by atoms with Crippen molar-refractivity contribution >= 4 is 10.0 Å². The molecule has 1 aliphatic carbocycles. The van der Waals surface area contributed by atoms with E-state index in [1.807, 2.05) is 0 Å². The average Bonchev–Trinajstić information content (AvgIpc) is 2.55. The maximum atomic E-state index is 13.9. The van der Waals surface area contributed by atoms with Gasteiger partial charge in [0, 0.05) is 6.20 Å². The van der Waals surface area contributed by atoms with Crippen molar-refractivity contribution in [3.63, 3.8) is 0 Å². The number of aliphatic hydroxyl groups excluding tert-OH is 1. The van der Waals surface area contributed by atoms with Crippen molar-refractivity contribution in [2.45, 2.75) is 29.9 Å². The Morgan fingerprint density at radius 1 is 1.12 bits per heavy atom. The molecule has 0 radical (unpaired) electrons. The highest BCUT2D eigenvalue weighted by Crippen LogP contribution is 2.38. The van der Waals surface area contributed by atoms with Crippen LogP contribution in [0, 0.1) is 23.4 Å². The van der Waals surface area contributed by atoms with E-state index in [0.717, 1.165) is 0 Å². The number of halogens is 3. The van der Waals surface area contributed by atoms with Gasteiger partial charge in [0.05, 0.1) is 17.8 Å². The van der Waals surface area contributed by atoms with Gasteiger partial charge in [-0.2, -0.15) is 0 Å². The molecule has 1 saturated carbocycles. The summed E-state index contributed by atoms with van der Waals surface area (Å²) in [7, 11) is -4.47. The Morgan fingerprint density at radius 3 is 2.44 bits per heavy atom. The van der Waals surface area contributed by atoms with Gasteiger partial charge in [-0.15, -0.1) is 0 Å². The van der Waals surface area contributed by atoms with Crippen LogP contribution in [-0.4, -0.2) is 24.6 Å². The molecule has 25 heavy (non-hydrogen) atoms. The smallest absolute Gasteiger partial charge is 0.244 e. The number of nitrogens with one attached hydrogen (secondary N) is 1. The lowest BCUT2D eigenvalue weighted by Gasteiger charge is -2.37. The fraction of sp³-hybridized carbons (Fsp3) is 0.312. The zero-order chi connectivity index (χ0) is 18.2. The lowest BCUT2D eigenvalue weighted by Crippen LogP contribution is -2.42. The van der Waals surface area contributed by atoms with Crippen molar-refractivity contribution in [1.29, 1.82) is 0 Å². The Balaban J connectivity index is 1.95. The largest absolute Gasteiger partial charge is 0.393 e. The molecule has 0 saturated heterocycles. The Hall–Kier alpha value is -1.97. The number of hydrogen-bond donors (Lipinski definition) is 2. The molecule has 3 rings (SSSR count). The molecule has 2 aromatic rings. The average molecular weight is 372 g/mol. The van der Waals surface area contributed by atoms with Crippen LogP contribution in [0.4, 0.5) is 13.2 Å². The molecule has 1 unspecified atom stereocenters. The number of benzene rings is 1. The van der Waals surface area contributed by atoms with Crippen LogP contribution in [0.15, 0.2) is 41.4 Å². The summed E-state index contributed by atoms with van der Waals surface area (Å²) in [5.74, 6) is -5.34. The first kappa shape index (κ1) is 17.8. The third-order valence-corrected chi connectivity index (χ3v) is 5.66. The van der Waals surface area contributed by atoms with E-state index >= 15 is 0 Å². The van der Waals surface area contributed by atoms with Crippen LogP contribution < -0.4 is 4.72 Å². The molecule has 134 valence electrons. The summed E-state index contributed by atoms with van der Waals surface area (Å²) in [5.41, 5.74) is 0.394. The minimum atomic E-state index is -4.47. The van der Waals surface area contributed by atoms with Gasteiger partial charge in [-0.25, -0.2) is 26.3 Å². The highest BCUT2D eigenvalue weighted by atomic mass is 32.2. The van der Waals surface area contributed by atoms with Crippen LogP contribution in [0.1, 0.15) is 24.6 Å². The normalized spacial score (nSPS) is 21.6. The molecule has 2 N–H and O–H groups in total. The Labute approximate surface area is 142 Å². The zero-order valence-corrected chi connectivity index (χ0v) is 13.7. The molecular weight excluding hydrogens is 357 g/mol. The van der Waals surface area contributed by atoms with Crippen molar-refractivity contribution in [2.75, 3.05) is 0 Å².